The molecule has 0 bridgehead atoms. The second kappa shape index (κ2) is 9.78. The van der Waals surface area contributed by atoms with Crippen LogP contribution in [-0.2, 0) is 20.0 Å². The van der Waals surface area contributed by atoms with E-state index in [2.05, 4.69) is 4.98 Å². The Hall–Kier alpha value is -4.25. The van der Waals surface area contributed by atoms with Gasteiger partial charge in [0.05, 0.1) is 38.5 Å². The molecule has 4 rings (SSSR count). The lowest BCUT2D eigenvalue weighted by molar-refractivity contribution is -0.183. The van der Waals surface area contributed by atoms with Gasteiger partial charge < -0.3 is 28.8 Å². The second-order valence-corrected chi connectivity index (χ2v) is 8.03. The molecular weight excluding hydrogens is 474 g/mol. The summed E-state index contributed by atoms with van der Waals surface area (Å²) >= 11 is 0. The molecule has 9 nitrogen and oxygen atoms in total. The zero-order valence-corrected chi connectivity index (χ0v) is 19.8. The summed E-state index contributed by atoms with van der Waals surface area (Å²) in [6.45, 7) is 1.73. The first-order valence-corrected chi connectivity index (χ1v) is 10.8. The van der Waals surface area contributed by atoms with E-state index < -0.39 is 28.9 Å². The molecule has 0 saturated carbocycles. The Morgan fingerprint density at radius 3 is 2.56 bits per heavy atom. The van der Waals surface area contributed by atoms with E-state index in [-0.39, 0.29) is 24.7 Å². The van der Waals surface area contributed by atoms with E-state index in [1.807, 2.05) is 13.1 Å². The first-order chi connectivity index (χ1) is 17.2. The van der Waals surface area contributed by atoms with Gasteiger partial charge >= 0.3 is 5.97 Å². The number of ether oxygens (including phenoxy) is 3. The fraction of sp³-hybridized carbons (Fsp3) is 0.240. The molecule has 1 saturated heterocycles. The minimum absolute atomic E-state index is 0.0190. The van der Waals surface area contributed by atoms with Crippen LogP contribution in [0, 0.1) is 24.0 Å². The lowest BCUT2D eigenvalue weighted by atomic mass is 9.99. The van der Waals surface area contributed by atoms with Gasteiger partial charge in [-0.2, -0.15) is 0 Å². The quantitative estimate of drug-likeness (QED) is 0.503. The summed E-state index contributed by atoms with van der Waals surface area (Å²) in [4.78, 5) is 17.9. The highest BCUT2D eigenvalue weighted by atomic mass is 19.1. The number of nitrogens with zero attached hydrogens (tertiary/aromatic N) is 3. The largest absolute Gasteiger partial charge is 0.495 e. The van der Waals surface area contributed by atoms with E-state index in [1.54, 1.807) is 29.1 Å². The number of halogens is 2. The number of aromatic nitrogens is 2. The second-order valence-electron chi connectivity index (χ2n) is 8.03. The summed E-state index contributed by atoms with van der Waals surface area (Å²) in [7, 11) is 2.55. The van der Waals surface area contributed by atoms with Gasteiger partial charge in [0.2, 0.25) is 0 Å². The molecule has 2 heterocycles. The van der Waals surface area contributed by atoms with Crippen molar-refractivity contribution in [1.29, 1.82) is 5.41 Å². The van der Waals surface area contributed by atoms with Gasteiger partial charge in [-0.1, -0.05) is 6.07 Å². The standard InChI is InChI=1S/C25H24F2N4O5/c1-15-13-30(14-29-15)20-5-4-16(8-21(20)34-2)9-22-23(28)31(6-7-36-22)25(33,24(32)35-3)17-10-18(26)12-19(27)11-17/h4-5,8-14,28,33H,6-7H2,1-3H3. The van der Waals surface area contributed by atoms with Crippen LogP contribution in [0.25, 0.3) is 11.8 Å². The van der Waals surface area contributed by atoms with Crippen LogP contribution in [0.15, 0.2) is 54.7 Å². The van der Waals surface area contributed by atoms with Crippen molar-refractivity contribution in [3.8, 4) is 11.4 Å². The van der Waals surface area contributed by atoms with Gasteiger partial charge in [0.25, 0.3) is 5.72 Å². The summed E-state index contributed by atoms with van der Waals surface area (Å²) in [6.07, 6.45) is 5.03. The molecule has 188 valence electrons. The smallest absolute Gasteiger partial charge is 0.364 e. The Morgan fingerprint density at radius 2 is 1.94 bits per heavy atom. The predicted molar refractivity (Wildman–Crippen MR) is 125 cm³/mol. The number of imidazole rings is 1. The van der Waals surface area contributed by atoms with Gasteiger partial charge in [-0.3, -0.25) is 5.41 Å². The zero-order chi connectivity index (χ0) is 26.0. The number of benzene rings is 2. The summed E-state index contributed by atoms with van der Waals surface area (Å²) < 4.78 is 45.6. The molecule has 11 heteroatoms. The third kappa shape index (κ3) is 4.52. The Morgan fingerprint density at radius 1 is 1.22 bits per heavy atom. The molecule has 1 aliphatic heterocycles. The molecule has 2 aromatic carbocycles. The number of carbonyl (C=O) groups excluding carboxylic acids is 1. The maximum absolute atomic E-state index is 14.0. The number of hydrogen-bond acceptors (Lipinski definition) is 7. The van der Waals surface area contributed by atoms with Crippen LogP contribution in [0.5, 0.6) is 5.75 Å². The van der Waals surface area contributed by atoms with Crippen LogP contribution in [0.1, 0.15) is 16.8 Å². The van der Waals surface area contributed by atoms with E-state index in [9.17, 15) is 18.7 Å². The third-order valence-corrected chi connectivity index (χ3v) is 5.69. The van der Waals surface area contributed by atoms with E-state index in [4.69, 9.17) is 19.6 Å². The van der Waals surface area contributed by atoms with Gasteiger partial charge in [-0.15, -0.1) is 0 Å². The molecule has 1 atom stereocenters. The van der Waals surface area contributed by atoms with Crippen molar-refractivity contribution in [3.63, 3.8) is 0 Å². The number of esters is 1. The van der Waals surface area contributed by atoms with Gasteiger partial charge in [0.15, 0.2) is 11.6 Å². The highest BCUT2D eigenvalue weighted by Crippen LogP contribution is 2.33. The van der Waals surface area contributed by atoms with Crippen LogP contribution in [-0.4, -0.2) is 58.7 Å². The third-order valence-electron chi connectivity index (χ3n) is 5.69. The molecule has 1 unspecified atom stereocenters. The van der Waals surface area contributed by atoms with Crippen LogP contribution in [0.4, 0.5) is 8.78 Å². The maximum atomic E-state index is 14.0. The summed E-state index contributed by atoms with van der Waals surface area (Å²) in [6, 6.07) is 7.53. The van der Waals surface area contributed by atoms with Crippen LogP contribution in [0.3, 0.4) is 0 Å². The molecular formula is C25H24F2N4O5. The van der Waals surface area contributed by atoms with Crippen molar-refractivity contribution in [2.45, 2.75) is 12.6 Å². The fourth-order valence-electron chi connectivity index (χ4n) is 3.98. The average Bonchev–Trinajstić information content (AvgIpc) is 3.29. The Balaban J connectivity index is 1.71. The lowest BCUT2D eigenvalue weighted by Crippen LogP contribution is -2.58. The number of aryl methyl sites for hydroxylation is 1. The minimum atomic E-state index is -2.67. The number of nitrogens with one attached hydrogen (secondary N) is 1. The molecule has 2 N–H and O–H groups in total. The van der Waals surface area contributed by atoms with Crippen molar-refractivity contribution in [1.82, 2.24) is 14.5 Å². The summed E-state index contributed by atoms with van der Waals surface area (Å²) in [5.41, 5.74) is -0.899. The van der Waals surface area contributed by atoms with Crippen molar-refractivity contribution < 1.29 is 32.9 Å². The molecule has 0 amide bonds. The first kappa shape index (κ1) is 24.9. The number of morpholine rings is 1. The SMILES string of the molecule is COC(=O)C(O)(c1cc(F)cc(F)c1)N1CCOC(=Cc2ccc(-n3cnc(C)c3)c(OC)c2)C1=N. The maximum Gasteiger partial charge on any atom is 0.364 e. The van der Waals surface area contributed by atoms with Crippen molar-refractivity contribution in [2.24, 2.45) is 0 Å². The zero-order valence-electron chi connectivity index (χ0n) is 19.8. The lowest BCUT2D eigenvalue weighted by Gasteiger charge is -2.41. The monoisotopic (exact) mass is 498 g/mol. The molecule has 0 spiro atoms. The van der Waals surface area contributed by atoms with Crippen molar-refractivity contribution in [2.75, 3.05) is 27.4 Å². The molecule has 0 radical (unpaired) electrons. The van der Waals surface area contributed by atoms with Gasteiger partial charge in [-0.05, 0) is 42.8 Å². The Kier molecular flexibility index (Phi) is 6.75. The Labute approximate surface area is 205 Å². The predicted octanol–water partition coefficient (Wildman–Crippen LogP) is 3.14. The van der Waals surface area contributed by atoms with Crippen molar-refractivity contribution in [3.05, 3.63) is 83.1 Å². The van der Waals surface area contributed by atoms with Gasteiger partial charge in [0.1, 0.15) is 24.0 Å². The van der Waals surface area contributed by atoms with Crippen LogP contribution in [0.2, 0.25) is 0 Å². The summed E-state index contributed by atoms with van der Waals surface area (Å²) in [5.74, 6) is -3.03. The molecule has 1 fully saturated rings. The van der Waals surface area contributed by atoms with E-state index in [0.717, 1.165) is 35.5 Å². The normalized spacial score (nSPS) is 16.4. The molecule has 1 aromatic heterocycles. The van der Waals surface area contributed by atoms with E-state index in [1.165, 1.54) is 13.2 Å². The molecule has 36 heavy (non-hydrogen) atoms. The Bertz CT molecular complexity index is 1340. The van der Waals surface area contributed by atoms with Crippen molar-refractivity contribution >= 4 is 17.9 Å². The topological polar surface area (TPSA) is 110 Å². The number of methoxy groups -OCH3 is 2. The number of rotatable bonds is 6. The highest BCUT2D eigenvalue weighted by molar-refractivity contribution is 6.01. The average molecular weight is 498 g/mol. The first-order valence-electron chi connectivity index (χ1n) is 10.8. The van der Waals surface area contributed by atoms with Crippen LogP contribution >= 0.6 is 0 Å². The number of hydrogen-bond donors (Lipinski definition) is 2. The van der Waals surface area contributed by atoms with Gasteiger partial charge in [0, 0.05) is 17.8 Å². The molecule has 3 aromatic rings. The number of aliphatic hydroxyl groups is 1. The van der Waals surface area contributed by atoms with Crippen LogP contribution < -0.4 is 4.74 Å². The van der Waals surface area contributed by atoms with Gasteiger partial charge in [-0.25, -0.2) is 18.6 Å². The number of carbonyl (C=O) groups is 1. The minimum Gasteiger partial charge on any atom is -0.495 e. The fourth-order valence-corrected chi connectivity index (χ4v) is 3.98. The van der Waals surface area contributed by atoms with E-state index >= 15 is 0 Å². The highest BCUT2D eigenvalue weighted by Gasteiger charge is 2.49. The molecule has 0 aliphatic carbocycles. The number of amidine groups is 1. The molecule has 1 aliphatic rings. The van der Waals surface area contributed by atoms with E-state index in [0.29, 0.717) is 17.4 Å². The summed E-state index contributed by atoms with van der Waals surface area (Å²) in [5, 5.41) is 20.0.